The SMILES string of the molecule is CNS(=O)N1CC2CCC(C1)N2C(C)Cn1c(C#N)cc2c(C)c(CN3CCC(Nc4ncnc5sc(CC(F)(F)F)cc45)CC3)ccc21. The number of hydrogen-bond acceptors (Lipinski definition) is 8. The maximum Gasteiger partial charge on any atom is 0.393 e. The molecular weight excluding hydrogens is 672 g/mol. The smallest absolute Gasteiger partial charge is 0.367 e. The third kappa shape index (κ3) is 7.09. The van der Waals surface area contributed by atoms with E-state index in [9.17, 15) is 22.6 Å². The van der Waals surface area contributed by atoms with Crippen molar-refractivity contribution in [1.82, 2.24) is 33.4 Å². The number of halogens is 3. The zero-order valence-electron chi connectivity index (χ0n) is 28.0. The van der Waals surface area contributed by atoms with Crippen molar-refractivity contribution in [2.75, 3.05) is 38.5 Å². The van der Waals surface area contributed by atoms with E-state index in [0.717, 1.165) is 87.2 Å². The first kappa shape index (κ1) is 34.3. The van der Waals surface area contributed by atoms with E-state index in [1.807, 2.05) is 10.4 Å². The van der Waals surface area contributed by atoms with Crippen molar-refractivity contribution in [1.29, 1.82) is 5.26 Å². The Kier molecular flexibility index (Phi) is 9.72. The molecule has 3 aromatic heterocycles. The first-order valence-corrected chi connectivity index (χ1v) is 18.9. The summed E-state index contributed by atoms with van der Waals surface area (Å²) in [5.41, 5.74) is 4.19. The summed E-state index contributed by atoms with van der Waals surface area (Å²) in [6.45, 7) is 9.26. The van der Waals surface area contributed by atoms with Crippen molar-refractivity contribution >= 4 is 49.4 Å². The molecule has 4 aromatic rings. The van der Waals surface area contributed by atoms with Gasteiger partial charge in [0, 0.05) is 79.2 Å². The number of thiophene rings is 1. The summed E-state index contributed by atoms with van der Waals surface area (Å²) in [5, 5.41) is 15.4. The summed E-state index contributed by atoms with van der Waals surface area (Å²) in [7, 11) is 1.73. The van der Waals surface area contributed by atoms with Crippen LogP contribution in [0.5, 0.6) is 0 Å². The van der Waals surface area contributed by atoms with Crippen molar-refractivity contribution in [2.45, 2.75) is 89.4 Å². The number of rotatable bonds is 10. The standard InChI is InChI=1S/C34H42F3N9OS2/c1-21(46-25-5-6-26(46)19-44(18-25)49(47)39-3)16-45-27(15-38)12-29-22(2)23(4-7-31(29)45)17-43-10-8-24(9-11-43)42-32-30-13-28(14-34(35,36)37)48-33(30)41-20-40-32/h4,7,12-13,20-21,24-26,39H,5-6,8-11,14,16-19H2,1-3H3,(H,40,41,42). The summed E-state index contributed by atoms with van der Waals surface area (Å²) in [6, 6.07) is 11.5. The van der Waals surface area contributed by atoms with Crippen LogP contribution in [0.1, 0.15) is 54.3 Å². The number of nitrogens with one attached hydrogen (secondary N) is 2. The molecule has 49 heavy (non-hydrogen) atoms. The molecule has 0 aliphatic carbocycles. The number of aryl methyl sites for hydroxylation is 1. The lowest BCUT2D eigenvalue weighted by Gasteiger charge is -2.43. The van der Waals surface area contributed by atoms with Gasteiger partial charge in [0.25, 0.3) is 0 Å². The Morgan fingerprint density at radius 2 is 1.84 bits per heavy atom. The number of likely N-dealkylation sites (tertiary alicyclic amines) is 1. The van der Waals surface area contributed by atoms with E-state index in [4.69, 9.17) is 0 Å². The molecule has 262 valence electrons. The average molecular weight is 714 g/mol. The third-order valence-electron chi connectivity index (χ3n) is 10.5. The molecule has 10 nitrogen and oxygen atoms in total. The molecule has 1 aromatic carbocycles. The van der Waals surface area contributed by atoms with Gasteiger partial charge in [-0.25, -0.2) is 23.2 Å². The predicted molar refractivity (Wildman–Crippen MR) is 187 cm³/mol. The zero-order chi connectivity index (χ0) is 34.4. The molecule has 0 radical (unpaired) electrons. The van der Waals surface area contributed by atoms with Crippen LogP contribution in [0.4, 0.5) is 19.0 Å². The van der Waals surface area contributed by atoms with Gasteiger partial charge in [-0.15, -0.1) is 11.3 Å². The molecule has 7 rings (SSSR count). The van der Waals surface area contributed by atoms with E-state index < -0.39 is 23.8 Å². The number of benzene rings is 1. The molecule has 3 aliphatic rings. The van der Waals surface area contributed by atoms with Crippen molar-refractivity contribution in [3.8, 4) is 6.07 Å². The van der Waals surface area contributed by atoms with Crippen LogP contribution in [0, 0.1) is 18.3 Å². The third-order valence-corrected chi connectivity index (χ3v) is 12.7. The monoisotopic (exact) mass is 713 g/mol. The highest BCUT2D eigenvalue weighted by molar-refractivity contribution is 7.80. The van der Waals surface area contributed by atoms with Gasteiger partial charge in [0.1, 0.15) is 28.7 Å². The fraction of sp³-hybridized carbons (Fsp3) is 0.559. The van der Waals surface area contributed by atoms with Gasteiger partial charge in [-0.3, -0.25) is 9.80 Å². The summed E-state index contributed by atoms with van der Waals surface area (Å²) in [6.07, 6.45) is 0.181. The lowest BCUT2D eigenvalue weighted by atomic mass is 10.0. The lowest BCUT2D eigenvalue weighted by molar-refractivity contribution is -0.126. The molecule has 2 N–H and O–H groups in total. The van der Waals surface area contributed by atoms with Crippen molar-refractivity contribution in [3.05, 3.63) is 52.3 Å². The van der Waals surface area contributed by atoms with Gasteiger partial charge < -0.3 is 9.88 Å². The minimum atomic E-state index is -4.26. The van der Waals surface area contributed by atoms with Gasteiger partial charge in [-0.05, 0) is 75.9 Å². The number of nitriles is 1. The Labute approximate surface area is 291 Å². The van der Waals surface area contributed by atoms with Gasteiger partial charge in [0.15, 0.2) is 11.2 Å². The Bertz CT molecular complexity index is 1880. The summed E-state index contributed by atoms with van der Waals surface area (Å²) < 4.78 is 58.4. The molecule has 6 heterocycles. The quantitative estimate of drug-likeness (QED) is 0.229. The Hall–Kier alpha value is -3.13. The van der Waals surface area contributed by atoms with Crippen LogP contribution >= 0.6 is 11.3 Å². The maximum absolute atomic E-state index is 13.0. The van der Waals surface area contributed by atoms with E-state index in [1.54, 1.807) is 13.1 Å². The second kappa shape index (κ2) is 13.9. The molecule has 4 atom stereocenters. The number of aromatic nitrogens is 3. The first-order valence-electron chi connectivity index (χ1n) is 16.9. The van der Waals surface area contributed by atoms with Crippen LogP contribution in [0.3, 0.4) is 0 Å². The molecule has 0 spiro atoms. The van der Waals surface area contributed by atoms with Crippen molar-refractivity contribution in [2.24, 2.45) is 0 Å². The minimum Gasteiger partial charge on any atom is -0.367 e. The second-order valence-electron chi connectivity index (χ2n) is 13.7. The topological polar surface area (TPSA) is 105 Å². The lowest BCUT2D eigenvalue weighted by Crippen LogP contribution is -2.58. The van der Waals surface area contributed by atoms with Crippen LogP contribution in [0.2, 0.25) is 0 Å². The fourth-order valence-electron chi connectivity index (χ4n) is 8.20. The first-order chi connectivity index (χ1) is 23.5. The summed E-state index contributed by atoms with van der Waals surface area (Å²) in [4.78, 5) is 14.4. The van der Waals surface area contributed by atoms with E-state index in [2.05, 4.69) is 66.4 Å². The van der Waals surface area contributed by atoms with E-state index >= 15 is 0 Å². The molecule has 4 unspecified atom stereocenters. The van der Waals surface area contributed by atoms with E-state index in [0.29, 0.717) is 33.8 Å². The minimum absolute atomic E-state index is 0.168. The van der Waals surface area contributed by atoms with Crippen LogP contribution in [0.15, 0.2) is 30.6 Å². The van der Waals surface area contributed by atoms with Gasteiger partial charge in [0.05, 0.1) is 11.8 Å². The van der Waals surface area contributed by atoms with Crippen LogP contribution < -0.4 is 10.0 Å². The van der Waals surface area contributed by atoms with E-state index in [-0.39, 0.29) is 17.0 Å². The molecule has 0 amide bonds. The highest BCUT2D eigenvalue weighted by atomic mass is 32.2. The van der Waals surface area contributed by atoms with E-state index in [1.165, 1.54) is 17.5 Å². The molecule has 0 saturated carbocycles. The summed E-state index contributed by atoms with van der Waals surface area (Å²) in [5.74, 6) is 0.599. The van der Waals surface area contributed by atoms with Crippen molar-refractivity contribution < 1.29 is 17.4 Å². The molecule has 3 aliphatic heterocycles. The number of alkyl halides is 3. The zero-order valence-corrected chi connectivity index (χ0v) is 29.6. The van der Waals surface area contributed by atoms with Crippen LogP contribution in [-0.4, -0.2) is 96.4 Å². The van der Waals surface area contributed by atoms with Gasteiger partial charge >= 0.3 is 6.18 Å². The number of nitrogens with zero attached hydrogens (tertiary/aromatic N) is 7. The largest absolute Gasteiger partial charge is 0.393 e. The van der Waals surface area contributed by atoms with Gasteiger partial charge in [0.2, 0.25) is 0 Å². The number of piperidine rings is 1. The highest BCUT2D eigenvalue weighted by Gasteiger charge is 2.43. The number of piperazine rings is 1. The Morgan fingerprint density at radius 1 is 1.10 bits per heavy atom. The average Bonchev–Trinajstić information content (AvgIpc) is 3.73. The highest BCUT2D eigenvalue weighted by Crippen LogP contribution is 2.35. The number of hydrogen-bond donors (Lipinski definition) is 2. The molecule has 15 heteroatoms. The molecular formula is C34H42F3N9OS2. The van der Waals surface area contributed by atoms with Crippen LogP contribution in [0.25, 0.3) is 21.1 Å². The van der Waals surface area contributed by atoms with Crippen molar-refractivity contribution in [3.63, 3.8) is 0 Å². The van der Waals surface area contributed by atoms with Gasteiger partial charge in [-0.2, -0.15) is 18.4 Å². The number of fused-ring (bicyclic) bond motifs is 4. The number of anilines is 1. The normalized spacial score (nSPS) is 22.6. The fourth-order valence-corrected chi connectivity index (χ4v) is 10.1. The predicted octanol–water partition coefficient (Wildman–Crippen LogP) is 5.34. The van der Waals surface area contributed by atoms with Gasteiger partial charge in [-0.1, -0.05) is 6.07 Å². The van der Waals surface area contributed by atoms with Crippen LogP contribution in [-0.2, 0) is 30.7 Å². The molecule has 3 saturated heterocycles. The Morgan fingerprint density at radius 3 is 2.51 bits per heavy atom. The second-order valence-corrected chi connectivity index (χ2v) is 16.2. The molecule has 2 bridgehead atoms. The Balaban J connectivity index is 0.995. The summed E-state index contributed by atoms with van der Waals surface area (Å²) >= 11 is -0.0875. The maximum atomic E-state index is 13.0. The molecule has 3 fully saturated rings.